The third kappa shape index (κ3) is 2.71. The Morgan fingerprint density at radius 3 is 2.64 bits per heavy atom. The first kappa shape index (κ1) is 12.0. The number of hydrogen-bond acceptors (Lipinski definition) is 2. The average Bonchev–Trinajstić information content (AvgIpc) is 2.14. The molecular formula is C12H26N2. The first-order valence-electron chi connectivity index (χ1n) is 6.08. The highest BCUT2D eigenvalue weighted by molar-refractivity contribution is 4.89. The van der Waals surface area contributed by atoms with Gasteiger partial charge < -0.3 is 0 Å². The van der Waals surface area contributed by atoms with Crippen molar-refractivity contribution in [3.05, 3.63) is 0 Å². The summed E-state index contributed by atoms with van der Waals surface area (Å²) in [5, 5.41) is 0. The van der Waals surface area contributed by atoms with Crippen LogP contribution < -0.4 is 11.3 Å². The van der Waals surface area contributed by atoms with Crippen LogP contribution in [0.15, 0.2) is 0 Å². The standard InChI is InChI=1S/C12H26N2/c1-4-7-11(14-13)10-8-5-6-9-12(10,2)3/h10-11,14H,4-9,13H2,1-3H3. The molecule has 0 amide bonds. The summed E-state index contributed by atoms with van der Waals surface area (Å²) < 4.78 is 0. The smallest absolute Gasteiger partial charge is 0.0243 e. The van der Waals surface area contributed by atoms with Crippen LogP contribution in [0, 0.1) is 11.3 Å². The van der Waals surface area contributed by atoms with Gasteiger partial charge in [0.2, 0.25) is 0 Å². The van der Waals surface area contributed by atoms with Crippen molar-refractivity contribution < 1.29 is 0 Å². The molecule has 2 nitrogen and oxygen atoms in total. The van der Waals surface area contributed by atoms with Crippen molar-refractivity contribution in [2.24, 2.45) is 17.2 Å². The molecule has 1 fully saturated rings. The second kappa shape index (κ2) is 5.13. The monoisotopic (exact) mass is 198 g/mol. The molecule has 0 aromatic rings. The van der Waals surface area contributed by atoms with Crippen molar-refractivity contribution in [3.63, 3.8) is 0 Å². The molecule has 0 aromatic heterocycles. The summed E-state index contributed by atoms with van der Waals surface area (Å²) >= 11 is 0. The summed E-state index contributed by atoms with van der Waals surface area (Å²) in [7, 11) is 0. The van der Waals surface area contributed by atoms with Crippen LogP contribution in [0.5, 0.6) is 0 Å². The minimum absolute atomic E-state index is 0.477. The SMILES string of the molecule is CCCC(NN)C1CCCCC1(C)C. The van der Waals surface area contributed by atoms with Gasteiger partial charge in [-0.25, -0.2) is 0 Å². The largest absolute Gasteiger partial charge is 0.271 e. The summed E-state index contributed by atoms with van der Waals surface area (Å²) in [6.07, 6.45) is 7.93. The maximum atomic E-state index is 5.66. The molecule has 2 atom stereocenters. The van der Waals surface area contributed by atoms with Gasteiger partial charge in [0.1, 0.15) is 0 Å². The van der Waals surface area contributed by atoms with Crippen LogP contribution in [-0.4, -0.2) is 6.04 Å². The molecule has 1 rings (SSSR count). The lowest BCUT2D eigenvalue weighted by molar-refractivity contribution is 0.0944. The van der Waals surface area contributed by atoms with Crippen LogP contribution in [0.3, 0.4) is 0 Å². The van der Waals surface area contributed by atoms with E-state index in [0.717, 1.165) is 5.92 Å². The Balaban J connectivity index is 2.61. The first-order valence-corrected chi connectivity index (χ1v) is 6.08. The fourth-order valence-electron chi connectivity index (χ4n) is 2.98. The van der Waals surface area contributed by atoms with E-state index in [9.17, 15) is 0 Å². The van der Waals surface area contributed by atoms with E-state index in [2.05, 4.69) is 26.2 Å². The number of rotatable bonds is 4. The van der Waals surface area contributed by atoms with E-state index in [0.29, 0.717) is 11.5 Å². The Labute approximate surface area is 88.6 Å². The van der Waals surface area contributed by atoms with E-state index in [1.807, 2.05) is 0 Å². The van der Waals surface area contributed by atoms with Crippen molar-refractivity contribution in [2.45, 2.75) is 65.3 Å². The van der Waals surface area contributed by atoms with Crippen LogP contribution in [-0.2, 0) is 0 Å². The maximum absolute atomic E-state index is 5.66. The highest BCUT2D eigenvalue weighted by Gasteiger charge is 2.36. The molecule has 0 heterocycles. The minimum atomic E-state index is 0.477. The van der Waals surface area contributed by atoms with Gasteiger partial charge in [-0.1, -0.05) is 40.0 Å². The number of hydrazine groups is 1. The van der Waals surface area contributed by atoms with Gasteiger partial charge in [-0.15, -0.1) is 0 Å². The Bertz CT molecular complexity index is 166. The number of nitrogens with one attached hydrogen (secondary N) is 1. The Hall–Kier alpha value is -0.0800. The molecule has 1 aliphatic carbocycles. The Morgan fingerprint density at radius 1 is 1.43 bits per heavy atom. The zero-order chi connectivity index (χ0) is 10.6. The zero-order valence-electron chi connectivity index (χ0n) is 9.97. The van der Waals surface area contributed by atoms with E-state index in [-0.39, 0.29) is 0 Å². The van der Waals surface area contributed by atoms with E-state index < -0.39 is 0 Å². The molecule has 1 saturated carbocycles. The van der Waals surface area contributed by atoms with Crippen LogP contribution in [0.25, 0.3) is 0 Å². The second-order valence-corrected chi connectivity index (χ2v) is 5.40. The van der Waals surface area contributed by atoms with Gasteiger partial charge in [-0.05, 0) is 30.6 Å². The molecule has 0 radical (unpaired) electrons. The molecule has 0 aliphatic heterocycles. The van der Waals surface area contributed by atoms with Crippen molar-refractivity contribution in [1.29, 1.82) is 0 Å². The highest BCUT2D eigenvalue weighted by Crippen LogP contribution is 2.42. The molecule has 0 aromatic carbocycles. The fourth-order valence-corrected chi connectivity index (χ4v) is 2.98. The van der Waals surface area contributed by atoms with Gasteiger partial charge in [0.15, 0.2) is 0 Å². The highest BCUT2D eigenvalue weighted by atomic mass is 15.2. The third-order valence-corrected chi connectivity index (χ3v) is 3.89. The molecule has 0 spiro atoms. The molecule has 3 N–H and O–H groups in total. The van der Waals surface area contributed by atoms with Crippen LogP contribution >= 0.6 is 0 Å². The lowest BCUT2D eigenvalue weighted by Crippen LogP contribution is -2.47. The maximum Gasteiger partial charge on any atom is 0.0243 e. The molecule has 2 unspecified atom stereocenters. The number of nitrogens with two attached hydrogens (primary N) is 1. The van der Waals surface area contributed by atoms with Gasteiger partial charge in [-0.2, -0.15) is 0 Å². The van der Waals surface area contributed by atoms with Crippen LogP contribution in [0.4, 0.5) is 0 Å². The van der Waals surface area contributed by atoms with Gasteiger partial charge >= 0.3 is 0 Å². The Morgan fingerprint density at radius 2 is 2.14 bits per heavy atom. The normalized spacial score (nSPS) is 28.7. The lowest BCUT2D eigenvalue weighted by atomic mass is 9.65. The minimum Gasteiger partial charge on any atom is -0.271 e. The molecular weight excluding hydrogens is 172 g/mol. The van der Waals surface area contributed by atoms with E-state index >= 15 is 0 Å². The molecule has 0 saturated heterocycles. The molecule has 14 heavy (non-hydrogen) atoms. The van der Waals surface area contributed by atoms with Crippen molar-refractivity contribution in [2.75, 3.05) is 0 Å². The lowest BCUT2D eigenvalue weighted by Gasteiger charge is -2.43. The van der Waals surface area contributed by atoms with Gasteiger partial charge in [0.05, 0.1) is 0 Å². The molecule has 84 valence electrons. The molecule has 2 heteroatoms. The predicted molar refractivity (Wildman–Crippen MR) is 61.8 cm³/mol. The van der Waals surface area contributed by atoms with E-state index in [1.54, 1.807) is 0 Å². The summed E-state index contributed by atoms with van der Waals surface area (Å²) in [5.41, 5.74) is 3.50. The molecule has 1 aliphatic rings. The van der Waals surface area contributed by atoms with Crippen LogP contribution in [0.1, 0.15) is 59.3 Å². The Kier molecular flexibility index (Phi) is 4.39. The fraction of sp³-hybridized carbons (Fsp3) is 1.00. The summed E-state index contributed by atoms with van der Waals surface area (Å²) in [6.45, 7) is 7.04. The summed E-state index contributed by atoms with van der Waals surface area (Å²) in [5.74, 6) is 6.43. The second-order valence-electron chi connectivity index (χ2n) is 5.40. The van der Waals surface area contributed by atoms with E-state index in [1.165, 1.54) is 38.5 Å². The zero-order valence-corrected chi connectivity index (χ0v) is 9.97. The molecule has 0 bridgehead atoms. The quantitative estimate of drug-likeness (QED) is 0.538. The van der Waals surface area contributed by atoms with Gasteiger partial charge in [0.25, 0.3) is 0 Å². The summed E-state index contributed by atoms with van der Waals surface area (Å²) in [4.78, 5) is 0. The van der Waals surface area contributed by atoms with Crippen molar-refractivity contribution in [1.82, 2.24) is 5.43 Å². The first-order chi connectivity index (χ1) is 6.61. The predicted octanol–water partition coefficient (Wildman–Crippen LogP) is 2.83. The third-order valence-electron chi connectivity index (χ3n) is 3.89. The summed E-state index contributed by atoms with van der Waals surface area (Å²) in [6, 6.07) is 0.523. The van der Waals surface area contributed by atoms with Gasteiger partial charge in [0, 0.05) is 6.04 Å². The van der Waals surface area contributed by atoms with Crippen molar-refractivity contribution >= 4 is 0 Å². The topological polar surface area (TPSA) is 38.0 Å². The van der Waals surface area contributed by atoms with Gasteiger partial charge in [-0.3, -0.25) is 11.3 Å². The number of hydrogen-bond donors (Lipinski definition) is 2. The average molecular weight is 198 g/mol. The van der Waals surface area contributed by atoms with Crippen molar-refractivity contribution in [3.8, 4) is 0 Å². The van der Waals surface area contributed by atoms with E-state index in [4.69, 9.17) is 5.84 Å². The van der Waals surface area contributed by atoms with Crippen LogP contribution in [0.2, 0.25) is 0 Å².